The van der Waals surface area contributed by atoms with Crippen LogP contribution in [0.1, 0.15) is 61.8 Å². The van der Waals surface area contributed by atoms with Crippen LogP contribution in [0.4, 0.5) is 11.4 Å². The minimum atomic E-state index is 0.124. The maximum absolute atomic E-state index is 6.42. The molecule has 0 radical (unpaired) electrons. The number of hydrogen-bond acceptors (Lipinski definition) is 2. The second kappa shape index (κ2) is 17.3. The molecule has 0 spiro atoms. The normalized spacial score (nSPS) is 12.8. The molecule has 3 rings (SSSR count). The van der Waals surface area contributed by atoms with Gasteiger partial charge in [-0.1, -0.05) is 86.3 Å². The molecule has 10 heteroatoms. The van der Waals surface area contributed by atoms with Crippen molar-refractivity contribution in [2.75, 3.05) is 13.1 Å². The summed E-state index contributed by atoms with van der Waals surface area (Å²) in [6.45, 7) is 11.1. The topological polar surface area (TPSA) is 160 Å². The molecular formula is C34H48N10. The predicted octanol–water partition coefficient (Wildman–Crippen LogP) is 5.43. The summed E-state index contributed by atoms with van der Waals surface area (Å²) in [4.78, 5) is 21.6. The molecule has 0 fully saturated rings. The van der Waals surface area contributed by atoms with Crippen LogP contribution in [0.5, 0.6) is 0 Å². The highest BCUT2D eigenvalue weighted by Gasteiger charge is 2.12. The van der Waals surface area contributed by atoms with E-state index in [-0.39, 0.29) is 11.9 Å². The van der Waals surface area contributed by atoms with Crippen LogP contribution in [-0.4, -0.2) is 46.7 Å². The van der Waals surface area contributed by atoms with Crippen LogP contribution in [0.25, 0.3) is 0 Å². The molecule has 0 aliphatic carbocycles. The molecule has 0 aliphatic heterocycles. The Morgan fingerprint density at radius 3 is 1.20 bits per heavy atom. The first-order valence-electron chi connectivity index (χ1n) is 15.2. The van der Waals surface area contributed by atoms with E-state index in [4.69, 9.17) is 22.9 Å². The number of benzene rings is 3. The van der Waals surface area contributed by atoms with Crippen molar-refractivity contribution >= 4 is 35.2 Å². The zero-order valence-electron chi connectivity index (χ0n) is 26.6. The van der Waals surface area contributed by atoms with E-state index in [2.05, 4.69) is 58.1 Å². The number of hydrogen-bond donors (Lipinski definition) is 4. The van der Waals surface area contributed by atoms with Gasteiger partial charge in [0, 0.05) is 26.2 Å². The van der Waals surface area contributed by atoms with Crippen LogP contribution in [0.3, 0.4) is 0 Å². The van der Waals surface area contributed by atoms with E-state index in [0.29, 0.717) is 25.0 Å². The summed E-state index contributed by atoms with van der Waals surface area (Å²) < 4.78 is 0. The van der Waals surface area contributed by atoms with Gasteiger partial charge in [-0.15, -0.1) is 0 Å². The molecule has 44 heavy (non-hydrogen) atoms. The van der Waals surface area contributed by atoms with Crippen molar-refractivity contribution < 1.29 is 0 Å². The summed E-state index contributed by atoms with van der Waals surface area (Å²) >= 11 is 0. The van der Waals surface area contributed by atoms with Gasteiger partial charge in [-0.05, 0) is 62.1 Å². The van der Waals surface area contributed by atoms with Crippen LogP contribution in [0.15, 0.2) is 92.8 Å². The van der Waals surface area contributed by atoms with Crippen molar-refractivity contribution in [3.05, 3.63) is 95.1 Å². The van der Waals surface area contributed by atoms with E-state index >= 15 is 0 Å². The number of aliphatic imine (C=N–C) groups is 4. The monoisotopic (exact) mass is 596 g/mol. The molecular weight excluding hydrogens is 548 g/mol. The van der Waals surface area contributed by atoms with Gasteiger partial charge < -0.3 is 32.7 Å². The van der Waals surface area contributed by atoms with Crippen molar-refractivity contribution in [3.63, 3.8) is 0 Å². The van der Waals surface area contributed by atoms with Crippen LogP contribution in [0.2, 0.25) is 0 Å². The Bertz CT molecular complexity index is 1310. The SMILES string of the molecule is CCCCN(Cc1ccc(CN(CCCC)C(N)=NC(N)=Nc2ccc(C)cc2)cc1)C(N)=NC(N)=Nc1ccc(C)cc1. The third kappa shape index (κ3) is 11.4. The second-order valence-electron chi connectivity index (χ2n) is 10.9. The number of nitrogens with zero attached hydrogens (tertiary/aromatic N) is 6. The largest absolute Gasteiger partial charge is 0.369 e. The van der Waals surface area contributed by atoms with Crippen LogP contribution < -0.4 is 22.9 Å². The van der Waals surface area contributed by atoms with Crippen molar-refractivity contribution in [3.8, 4) is 0 Å². The molecule has 0 atom stereocenters. The van der Waals surface area contributed by atoms with Gasteiger partial charge in [0.2, 0.25) is 11.9 Å². The van der Waals surface area contributed by atoms with Crippen molar-refractivity contribution in [2.45, 2.75) is 66.5 Å². The van der Waals surface area contributed by atoms with E-state index in [9.17, 15) is 0 Å². The summed E-state index contributed by atoms with van der Waals surface area (Å²) in [6, 6.07) is 24.0. The Hall–Kier alpha value is -4.86. The fourth-order valence-corrected chi connectivity index (χ4v) is 4.37. The van der Waals surface area contributed by atoms with Gasteiger partial charge in [0.25, 0.3) is 0 Å². The molecule has 0 unspecified atom stereocenters. The third-order valence-corrected chi connectivity index (χ3v) is 6.99. The van der Waals surface area contributed by atoms with Gasteiger partial charge >= 0.3 is 0 Å². The Morgan fingerprint density at radius 1 is 0.545 bits per heavy atom. The van der Waals surface area contributed by atoms with Crippen LogP contribution >= 0.6 is 0 Å². The number of rotatable bonds is 12. The lowest BCUT2D eigenvalue weighted by atomic mass is 10.1. The molecule has 3 aromatic rings. The molecule has 0 heterocycles. The Morgan fingerprint density at radius 2 is 0.886 bits per heavy atom. The minimum absolute atomic E-state index is 0.124. The van der Waals surface area contributed by atoms with Gasteiger partial charge in [0.15, 0.2) is 11.9 Å². The molecule has 3 aromatic carbocycles. The fourth-order valence-electron chi connectivity index (χ4n) is 4.37. The predicted molar refractivity (Wildman–Crippen MR) is 185 cm³/mol. The molecule has 10 nitrogen and oxygen atoms in total. The lowest BCUT2D eigenvalue weighted by Crippen LogP contribution is -2.39. The standard InChI is InChI=1S/C34H48N10/c1-5-7-21-43(33(37)41-31(35)39-29-17-9-25(3)10-18-29)23-27-13-15-28(16-14-27)24-44(22-8-6-2)34(38)42-32(36)40-30-19-11-26(4)12-20-30/h9-20H,5-8,21-24H2,1-4H3,(H4,35,37,39,41)(H4,36,38,40,42). The van der Waals surface area contributed by atoms with E-state index in [1.54, 1.807) is 0 Å². The van der Waals surface area contributed by atoms with Crippen LogP contribution in [0, 0.1) is 13.8 Å². The maximum Gasteiger partial charge on any atom is 0.223 e. The Labute approximate surface area is 262 Å². The summed E-state index contributed by atoms with van der Waals surface area (Å²) in [5.41, 5.74) is 31.1. The number of guanidine groups is 4. The van der Waals surface area contributed by atoms with Crippen molar-refractivity contribution in [2.24, 2.45) is 42.9 Å². The van der Waals surface area contributed by atoms with Gasteiger partial charge in [0.1, 0.15) is 0 Å². The molecule has 0 amide bonds. The summed E-state index contributed by atoms with van der Waals surface area (Å²) in [6.07, 6.45) is 4.02. The first-order chi connectivity index (χ1) is 21.2. The second-order valence-corrected chi connectivity index (χ2v) is 10.9. The van der Waals surface area contributed by atoms with Gasteiger partial charge in [-0.3, -0.25) is 0 Å². The highest BCUT2D eigenvalue weighted by molar-refractivity contribution is 5.95. The highest BCUT2D eigenvalue weighted by Crippen LogP contribution is 2.15. The quantitative estimate of drug-likeness (QED) is 0.161. The first-order valence-corrected chi connectivity index (χ1v) is 15.2. The average Bonchev–Trinajstić information content (AvgIpc) is 3.00. The van der Waals surface area contributed by atoms with Crippen LogP contribution in [-0.2, 0) is 13.1 Å². The van der Waals surface area contributed by atoms with Gasteiger partial charge in [-0.25, -0.2) is 9.98 Å². The number of unbranched alkanes of at least 4 members (excludes halogenated alkanes) is 2. The fraction of sp³-hybridized carbons (Fsp3) is 0.353. The molecule has 8 N–H and O–H groups in total. The number of nitrogens with two attached hydrogens (primary N) is 4. The lowest BCUT2D eigenvalue weighted by Gasteiger charge is -2.25. The van der Waals surface area contributed by atoms with E-state index in [0.717, 1.165) is 72.4 Å². The minimum Gasteiger partial charge on any atom is -0.369 e. The van der Waals surface area contributed by atoms with Crippen molar-refractivity contribution in [1.29, 1.82) is 0 Å². The zero-order chi connectivity index (χ0) is 31.9. The molecule has 234 valence electrons. The average molecular weight is 597 g/mol. The Kier molecular flexibility index (Phi) is 13.2. The lowest BCUT2D eigenvalue weighted by molar-refractivity contribution is 0.395. The van der Waals surface area contributed by atoms with Gasteiger partial charge in [-0.2, -0.15) is 9.98 Å². The zero-order valence-corrected chi connectivity index (χ0v) is 26.6. The number of aryl methyl sites for hydroxylation is 2. The molecule has 0 saturated heterocycles. The summed E-state index contributed by atoms with van der Waals surface area (Å²) in [7, 11) is 0. The molecule has 0 aliphatic rings. The smallest absolute Gasteiger partial charge is 0.223 e. The molecule has 0 aromatic heterocycles. The van der Waals surface area contributed by atoms with E-state index in [1.807, 2.05) is 72.2 Å². The molecule has 0 saturated carbocycles. The summed E-state index contributed by atoms with van der Waals surface area (Å²) in [5.74, 6) is 0.935. The highest BCUT2D eigenvalue weighted by atomic mass is 15.3. The molecule has 0 bridgehead atoms. The van der Waals surface area contributed by atoms with Gasteiger partial charge in [0.05, 0.1) is 11.4 Å². The summed E-state index contributed by atoms with van der Waals surface area (Å²) in [5, 5.41) is 0. The van der Waals surface area contributed by atoms with E-state index < -0.39 is 0 Å². The van der Waals surface area contributed by atoms with Crippen molar-refractivity contribution in [1.82, 2.24) is 9.80 Å². The first kappa shape index (κ1) is 33.6. The Balaban J connectivity index is 1.71. The maximum atomic E-state index is 6.42. The third-order valence-electron chi connectivity index (χ3n) is 6.99. The van der Waals surface area contributed by atoms with E-state index in [1.165, 1.54) is 0 Å².